The van der Waals surface area contributed by atoms with E-state index in [0.717, 1.165) is 52.6 Å². The fourth-order valence-corrected chi connectivity index (χ4v) is 11.3. The fraction of sp³-hybridized carbons (Fsp3) is 0.200. The molecule has 288 valence electrons. The van der Waals surface area contributed by atoms with Crippen molar-refractivity contribution in [3.05, 3.63) is 164 Å². The first-order valence-corrected chi connectivity index (χ1v) is 22.9. The summed E-state index contributed by atoms with van der Waals surface area (Å²) in [6.45, 7) is 7.40. The van der Waals surface area contributed by atoms with Crippen LogP contribution < -0.4 is 18.4 Å². The Hall–Kier alpha value is -4.48. The van der Waals surface area contributed by atoms with E-state index in [-0.39, 0.29) is 0 Å². The van der Waals surface area contributed by atoms with Gasteiger partial charge in [-0.2, -0.15) is 4.52 Å². The summed E-state index contributed by atoms with van der Waals surface area (Å²) in [6.07, 6.45) is 2.28. The van der Waals surface area contributed by atoms with E-state index in [0.29, 0.717) is 37.1 Å². The average molecular weight is 807 g/mol. The first kappa shape index (κ1) is 41.2. The molecule has 6 rings (SSSR count). The Bertz CT molecular complexity index is 2060. The normalized spacial score (nSPS) is 13.1. The fourth-order valence-electron chi connectivity index (χ4n) is 5.39. The molecular weight excluding hydrogens is 757 g/mol. The van der Waals surface area contributed by atoms with Gasteiger partial charge in [-0.3, -0.25) is 4.52 Å². The topological polar surface area (TPSA) is 79.8 Å². The molecule has 6 aromatic rings. The van der Waals surface area contributed by atoms with Gasteiger partial charge in [-0.05, 0) is 93.9 Å². The monoisotopic (exact) mass is 806 g/mol. The van der Waals surface area contributed by atoms with Crippen LogP contribution in [-0.2, 0) is 13.6 Å². The van der Waals surface area contributed by atoms with Crippen molar-refractivity contribution in [1.29, 1.82) is 0 Å². The molecular formula is C45H49N2O6P3+2. The Labute approximate surface area is 334 Å². The van der Waals surface area contributed by atoms with Crippen molar-refractivity contribution in [3.8, 4) is 50.6 Å². The molecule has 56 heavy (non-hydrogen) atoms. The lowest BCUT2D eigenvalue weighted by molar-refractivity contribution is 0.280. The molecule has 11 heteroatoms. The molecule has 0 saturated carbocycles. The Morgan fingerprint density at radius 3 is 1.39 bits per heavy atom. The second-order valence-electron chi connectivity index (χ2n) is 12.6. The summed E-state index contributed by atoms with van der Waals surface area (Å²) in [7, 11) is -7.22. The highest BCUT2D eigenvalue weighted by Gasteiger charge is 2.57. The minimum absolute atomic E-state index is 0.359. The lowest BCUT2D eigenvalue weighted by Crippen LogP contribution is -2.20. The van der Waals surface area contributed by atoms with Crippen molar-refractivity contribution in [3.63, 3.8) is 0 Å². The number of nitrogens with zero attached hydrogens (tertiary/aromatic N) is 1. The van der Waals surface area contributed by atoms with E-state index in [1.165, 1.54) is 0 Å². The maximum atomic E-state index is 6.87. The highest BCUT2D eigenvalue weighted by Crippen LogP contribution is 2.67. The van der Waals surface area contributed by atoms with Crippen molar-refractivity contribution in [2.45, 2.75) is 40.0 Å². The molecule has 8 nitrogen and oxygen atoms in total. The Kier molecular flexibility index (Phi) is 16.0. The molecule has 0 aliphatic heterocycles. The van der Waals surface area contributed by atoms with Gasteiger partial charge < -0.3 is 9.05 Å². The summed E-state index contributed by atoms with van der Waals surface area (Å²) in [5.41, 5.74) is 6.59. The number of rotatable bonds is 21. The number of nitrogens with one attached hydrogen (secondary N) is 1. The zero-order valence-corrected chi connectivity index (χ0v) is 34.8. The van der Waals surface area contributed by atoms with Gasteiger partial charge in [0.25, 0.3) is 0 Å². The van der Waals surface area contributed by atoms with Gasteiger partial charge in [0.05, 0.1) is 13.2 Å². The third-order valence-corrected chi connectivity index (χ3v) is 13.9. The van der Waals surface area contributed by atoms with E-state index in [4.69, 9.17) is 31.7 Å². The van der Waals surface area contributed by atoms with Gasteiger partial charge in [0.15, 0.2) is 11.5 Å². The van der Waals surface area contributed by atoms with Crippen molar-refractivity contribution in [2.24, 2.45) is 4.52 Å². The Balaban J connectivity index is 1.35. The quantitative estimate of drug-likeness (QED) is 0.0726. The zero-order chi connectivity index (χ0) is 38.8. The van der Waals surface area contributed by atoms with E-state index in [2.05, 4.69) is 55.1 Å². The van der Waals surface area contributed by atoms with Gasteiger partial charge >= 0.3 is 24.7 Å². The van der Waals surface area contributed by atoms with Crippen molar-refractivity contribution >= 4 is 24.7 Å². The highest BCUT2D eigenvalue weighted by molar-refractivity contribution is 7.75. The van der Waals surface area contributed by atoms with Gasteiger partial charge in [-0.1, -0.05) is 148 Å². The van der Waals surface area contributed by atoms with Crippen LogP contribution in [0.5, 0.6) is 17.2 Å². The average Bonchev–Trinajstić information content (AvgIpc) is 3.25. The Morgan fingerprint density at radius 2 is 0.929 bits per heavy atom. The lowest BCUT2D eigenvalue weighted by Gasteiger charge is -2.21. The third-order valence-electron chi connectivity index (χ3n) is 8.17. The summed E-state index contributed by atoms with van der Waals surface area (Å²) in [6, 6.07) is 54.5. The van der Waals surface area contributed by atoms with Crippen LogP contribution in [-0.4, -0.2) is 19.8 Å². The molecule has 0 aliphatic carbocycles. The second-order valence-corrected chi connectivity index (χ2v) is 17.5. The molecule has 0 saturated heterocycles. The first-order chi connectivity index (χ1) is 27.6. The van der Waals surface area contributed by atoms with Gasteiger partial charge in [-0.25, -0.2) is 4.52 Å². The summed E-state index contributed by atoms with van der Waals surface area (Å²) >= 11 is 0. The SMILES string of the molecule is CCCOP(N[P+](N=[P+](OCCC)Oc1ccc(-c2ccccc2)cc1)(OCCC)Oc1ccc(-c2ccccc2)cc1)Oc1ccc(-c2ccccc2)cc1. The third kappa shape index (κ3) is 12.3. The highest BCUT2D eigenvalue weighted by atomic mass is 31.3. The number of hydrogen-bond donors (Lipinski definition) is 1. The van der Waals surface area contributed by atoms with Gasteiger partial charge in [-0.15, -0.1) is 4.52 Å². The number of benzene rings is 6. The van der Waals surface area contributed by atoms with Gasteiger partial charge in [0, 0.05) is 0 Å². The van der Waals surface area contributed by atoms with Crippen LogP contribution in [0.2, 0.25) is 0 Å². The zero-order valence-electron chi connectivity index (χ0n) is 32.1. The minimum Gasteiger partial charge on any atom is -0.434 e. The smallest absolute Gasteiger partial charge is 0.434 e. The summed E-state index contributed by atoms with van der Waals surface area (Å²) in [5.74, 6) is 1.83. The maximum absolute atomic E-state index is 6.87. The van der Waals surface area contributed by atoms with Crippen LogP contribution >= 0.6 is 24.7 Å². The van der Waals surface area contributed by atoms with E-state index >= 15 is 0 Å². The predicted octanol–water partition coefficient (Wildman–Crippen LogP) is 14.5. The van der Waals surface area contributed by atoms with Crippen LogP contribution in [0.25, 0.3) is 33.4 Å². The molecule has 0 amide bonds. The molecule has 6 aromatic carbocycles. The molecule has 0 radical (unpaired) electrons. The van der Waals surface area contributed by atoms with E-state index in [1.807, 2.05) is 134 Å². The lowest BCUT2D eigenvalue weighted by atomic mass is 10.1. The molecule has 0 fully saturated rings. The summed E-state index contributed by atoms with van der Waals surface area (Å²) in [5, 5.41) is 0. The predicted molar refractivity (Wildman–Crippen MR) is 233 cm³/mol. The van der Waals surface area contributed by atoms with E-state index in [1.54, 1.807) is 0 Å². The molecule has 0 bridgehead atoms. The number of hydrogen-bond acceptors (Lipinski definition) is 8. The first-order valence-electron chi connectivity index (χ1n) is 19.0. The maximum Gasteiger partial charge on any atom is 0.660 e. The molecule has 3 atom stereocenters. The molecule has 0 aromatic heterocycles. The van der Waals surface area contributed by atoms with Crippen LogP contribution in [0.4, 0.5) is 0 Å². The van der Waals surface area contributed by atoms with Crippen molar-refractivity contribution < 1.29 is 27.1 Å². The second kappa shape index (κ2) is 21.7. The summed E-state index contributed by atoms with van der Waals surface area (Å²) < 4.78 is 44.5. The van der Waals surface area contributed by atoms with Gasteiger partial charge in [0.1, 0.15) is 12.4 Å². The van der Waals surface area contributed by atoms with Gasteiger partial charge in [0.2, 0.25) is 4.52 Å². The van der Waals surface area contributed by atoms with Crippen LogP contribution in [0.15, 0.2) is 168 Å². The van der Waals surface area contributed by atoms with Crippen LogP contribution in [0.3, 0.4) is 0 Å². The van der Waals surface area contributed by atoms with E-state index in [9.17, 15) is 0 Å². The van der Waals surface area contributed by atoms with Crippen LogP contribution in [0.1, 0.15) is 40.0 Å². The molecule has 0 spiro atoms. The summed E-state index contributed by atoms with van der Waals surface area (Å²) in [4.78, 5) is 3.53. The van der Waals surface area contributed by atoms with E-state index < -0.39 is 24.7 Å². The molecule has 0 heterocycles. The molecule has 1 N–H and O–H groups in total. The minimum atomic E-state index is -3.47. The Morgan fingerprint density at radius 1 is 0.500 bits per heavy atom. The molecule has 0 aliphatic rings. The largest absolute Gasteiger partial charge is 0.660 e. The standard InChI is InChI=1S/C45H49N2O6P3/c1-4-34-48-54(51-43-28-22-40(23-29-43)37-16-10-7-11-17-37)46-56(50-36-6-3,53-45-32-26-42(27-33-45)39-20-14-9-15-21-39)47-55(49-35-5-2)52-44-30-24-41(25-31-44)38-18-12-8-13-19-38/h7-33,46H,4-6,34-36H2,1-3H3/q+2. The van der Waals surface area contributed by atoms with Crippen molar-refractivity contribution in [2.75, 3.05) is 19.8 Å². The van der Waals surface area contributed by atoms with Crippen molar-refractivity contribution in [1.82, 2.24) is 4.86 Å². The van der Waals surface area contributed by atoms with Crippen LogP contribution in [0, 0.1) is 0 Å². The molecule has 3 unspecified atom stereocenters.